The fraction of sp³-hybridized carbons (Fsp3) is 0.333. The minimum absolute atomic E-state index is 0.413. The van der Waals surface area contributed by atoms with Crippen LogP contribution in [-0.2, 0) is 20.3 Å². The summed E-state index contributed by atoms with van der Waals surface area (Å²) in [4.78, 5) is 4.61. The second-order valence-electron chi connectivity index (χ2n) is 2.67. The first-order valence-corrected chi connectivity index (χ1v) is 6.60. The van der Waals surface area contributed by atoms with Crippen molar-refractivity contribution in [3.05, 3.63) is 34.3 Å². The molecule has 3 nitrogen and oxygen atoms in total. The summed E-state index contributed by atoms with van der Waals surface area (Å²) in [5.74, 6) is 0. The lowest BCUT2D eigenvalue weighted by atomic mass is 10.2. The maximum Gasteiger partial charge on any atom is 0.229 e. The summed E-state index contributed by atoms with van der Waals surface area (Å²) in [5, 5.41) is 0. The largest absolute Gasteiger partial charge is 0.293 e. The third-order valence-electron chi connectivity index (χ3n) is 1.53. The van der Waals surface area contributed by atoms with Crippen LogP contribution in [0.5, 0.6) is 0 Å². The predicted molar refractivity (Wildman–Crippen MR) is 59.6 cm³/mol. The zero-order chi connectivity index (χ0) is 10.4. The molecule has 1 unspecified atom stereocenters. The van der Waals surface area contributed by atoms with Gasteiger partial charge >= 0.3 is 0 Å². The molecule has 0 aliphatic heterocycles. The molecule has 14 heavy (non-hydrogen) atoms. The molecule has 0 N–H and O–H groups in total. The van der Waals surface area contributed by atoms with E-state index in [0.29, 0.717) is 12.8 Å². The van der Waals surface area contributed by atoms with Gasteiger partial charge in [0, 0.05) is 10.6 Å². The molecule has 1 rings (SSSR count). The molecular formula is C9H12BrO3P. The first-order valence-electron chi connectivity index (χ1n) is 4.29. The molecular weight excluding hydrogens is 267 g/mol. The van der Waals surface area contributed by atoms with Gasteiger partial charge in [0.25, 0.3) is 0 Å². The van der Waals surface area contributed by atoms with E-state index >= 15 is 0 Å². The molecule has 0 aliphatic rings. The molecule has 0 heterocycles. The Balaban J connectivity index is 2.44. The van der Waals surface area contributed by atoms with Crippen molar-refractivity contribution in [3.8, 4) is 0 Å². The second-order valence-corrected chi connectivity index (χ2v) is 4.85. The van der Waals surface area contributed by atoms with E-state index in [1.54, 1.807) is 6.92 Å². The minimum Gasteiger partial charge on any atom is -0.293 e. The van der Waals surface area contributed by atoms with Crippen molar-refractivity contribution in [3.63, 3.8) is 0 Å². The van der Waals surface area contributed by atoms with E-state index in [1.807, 2.05) is 24.3 Å². The van der Waals surface area contributed by atoms with E-state index < -0.39 is 8.03 Å². The van der Waals surface area contributed by atoms with Crippen LogP contribution in [0.4, 0.5) is 0 Å². The SMILES string of the molecule is CCOO[PH](=O)Cc1ccc(Br)cc1. The molecule has 0 aliphatic carbocycles. The highest BCUT2D eigenvalue weighted by Crippen LogP contribution is 2.28. The zero-order valence-corrected chi connectivity index (χ0v) is 10.4. The summed E-state index contributed by atoms with van der Waals surface area (Å²) < 4.78 is 16.9. The molecule has 78 valence electrons. The Hall–Kier alpha value is -0.150. The van der Waals surface area contributed by atoms with Gasteiger partial charge in [0.1, 0.15) is 0 Å². The summed E-state index contributed by atoms with van der Waals surface area (Å²) >= 11 is 3.33. The molecule has 0 aromatic heterocycles. The molecule has 0 amide bonds. The molecule has 0 bridgehead atoms. The summed E-state index contributed by atoms with van der Waals surface area (Å²) in [6, 6.07) is 7.63. The lowest BCUT2D eigenvalue weighted by Gasteiger charge is -2.02. The van der Waals surface area contributed by atoms with Crippen molar-refractivity contribution in [2.24, 2.45) is 0 Å². The first-order chi connectivity index (χ1) is 6.72. The highest BCUT2D eigenvalue weighted by atomic mass is 79.9. The molecule has 0 saturated carbocycles. The van der Waals surface area contributed by atoms with Crippen molar-refractivity contribution in [2.75, 3.05) is 6.61 Å². The Morgan fingerprint density at radius 1 is 1.36 bits per heavy atom. The van der Waals surface area contributed by atoms with Crippen molar-refractivity contribution in [1.82, 2.24) is 0 Å². The van der Waals surface area contributed by atoms with Gasteiger partial charge in [-0.2, -0.15) is 4.67 Å². The summed E-state index contributed by atoms with van der Waals surface area (Å²) in [7, 11) is -2.10. The summed E-state index contributed by atoms with van der Waals surface area (Å²) in [6.45, 7) is 2.20. The van der Waals surface area contributed by atoms with Gasteiger partial charge in [-0.1, -0.05) is 28.1 Å². The monoisotopic (exact) mass is 278 g/mol. The number of benzene rings is 1. The Kier molecular flexibility index (Phi) is 5.41. The highest BCUT2D eigenvalue weighted by molar-refractivity contribution is 9.10. The van der Waals surface area contributed by atoms with Gasteiger partial charge < -0.3 is 0 Å². The molecule has 1 aromatic rings. The molecule has 0 fully saturated rings. The van der Waals surface area contributed by atoms with Gasteiger partial charge in [0.2, 0.25) is 8.03 Å². The van der Waals surface area contributed by atoms with Gasteiger partial charge in [0.15, 0.2) is 0 Å². The summed E-state index contributed by atoms with van der Waals surface area (Å²) in [5.41, 5.74) is 0.983. The Morgan fingerprint density at radius 2 is 2.00 bits per heavy atom. The third-order valence-corrected chi connectivity index (χ3v) is 3.06. The molecule has 0 saturated heterocycles. The predicted octanol–water partition coefficient (Wildman–Crippen LogP) is 3.39. The van der Waals surface area contributed by atoms with E-state index in [9.17, 15) is 4.57 Å². The number of hydrogen-bond acceptors (Lipinski definition) is 3. The van der Waals surface area contributed by atoms with Crippen LogP contribution in [0.3, 0.4) is 0 Å². The smallest absolute Gasteiger partial charge is 0.229 e. The minimum atomic E-state index is -2.10. The van der Waals surface area contributed by atoms with E-state index in [1.165, 1.54) is 0 Å². The second kappa shape index (κ2) is 6.36. The lowest BCUT2D eigenvalue weighted by molar-refractivity contribution is -0.196. The normalized spacial score (nSPS) is 12.7. The fourth-order valence-corrected chi connectivity index (χ4v) is 2.06. The topological polar surface area (TPSA) is 35.5 Å². The van der Waals surface area contributed by atoms with E-state index in [4.69, 9.17) is 0 Å². The highest BCUT2D eigenvalue weighted by Gasteiger charge is 2.02. The average Bonchev–Trinajstić information content (AvgIpc) is 2.18. The van der Waals surface area contributed by atoms with Crippen LogP contribution >= 0.6 is 24.0 Å². The van der Waals surface area contributed by atoms with Crippen LogP contribution in [0.25, 0.3) is 0 Å². The van der Waals surface area contributed by atoms with Gasteiger partial charge in [-0.3, -0.25) is 4.57 Å². The Labute approximate surface area is 92.3 Å². The van der Waals surface area contributed by atoms with E-state index in [0.717, 1.165) is 10.0 Å². The van der Waals surface area contributed by atoms with E-state index in [-0.39, 0.29) is 0 Å². The lowest BCUT2D eigenvalue weighted by Crippen LogP contribution is -1.87. The quantitative estimate of drug-likeness (QED) is 0.471. The van der Waals surface area contributed by atoms with Gasteiger partial charge in [-0.25, -0.2) is 4.89 Å². The van der Waals surface area contributed by atoms with Crippen LogP contribution in [0.2, 0.25) is 0 Å². The summed E-state index contributed by atoms with van der Waals surface area (Å²) in [6.07, 6.45) is 0.415. The van der Waals surface area contributed by atoms with Crippen molar-refractivity contribution < 1.29 is 14.1 Å². The molecule has 0 spiro atoms. The zero-order valence-electron chi connectivity index (χ0n) is 7.83. The van der Waals surface area contributed by atoms with E-state index in [2.05, 4.69) is 25.5 Å². The Bertz CT molecular complexity index is 299. The third kappa shape index (κ3) is 4.38. The molecule has 0 radical (unpaired) electrons. The van der Waals surface area contributed by atoms with Crippen molar-refractivity contribution in [2.45, 2.75) is 13.1 Å². The van der Waals surface area contributed by atoms with Crippen LogP contribution < -0.4 is 0 Å². The number of halogens is 1. The van der Waals surface area contributed by atoms with Gasteiger partial charge in [-0.05, 0) is 24.6 Å². The van der Waals surface area contributed by atoms with Crippen molar-refractivity contribution >= 4 is 24.0 Å². The number of hydrogen-bond donors (Lipinski definition) is 0. The first kappa shape index (κ1) is 11.9. The maximum absolute atomic E-state index is 11.3. The Morgan fingerprint density at radius 3 is 2.57 bits per heavy atom. The van der Waals surface area contributed by atoms with Crippen molar-refractivity contribution in [1.29, 1.82) is 0 Å². The van der Waals surface area contributed by atoms with Crippen LogP contribution in [0.1, 0.15) is 12.5 Å². The van der Waals surface area contributed by atoms with Crippen LogP contribution in [-0.4, -0.2) is 6.61 Å². The fourth-order valence-electron chi connectivity index (χ4n) is 0.923. The molecule has 1 atom stereocenters. The standard InChI is InChI=1S/C9H12BrO3P/c1-2-12-13-14(11)7-8-3-5-9(10)6-4-8/h3-6,14H,2,7H2,1H3. The average molecular weight is 279 g/mol. The van der Waals surface area contributed by atoms with Gasteiger partial charge in [-0.15, -0.1) is 0 Å². The molecule has 5 heteroatoms. The van der Waals surface area contributed by atoms with Gasteiger partial charge in [0.05, 0.1) is 6.61 Å². The van der Waals surface area contributed by atoms with Crippen LogP contribution in [0.15, 0.2) is 28.7 Å². The van der Waals surface area contributed by atoms with Crippen LogP contribution in [0, 0.1) is 0 Å². The maximum atomic E-state index is 11.3. The molecule has 1 aromatic carbocycles. The number of rotatable bonds is 5.